The van der Waals surface area contributed by atoms with E-state index in [1.54, 1.807) is 11.3 Å². The zero-order chi connectivity index (χ0) is 18.5. The molecule has 0 aliphatic carbocycles. The lowest BCUT2D eigenvalue weighted by molar-refractivity contribution is -0.113. The third-order valence-corrected chi connectivity index (χ3v) is 6.36. The minimum atomic E-state index is 0.00146. The molecule has 0 spiro atoms. The van der Waals surface area contributed by atoms with Crippen LogP contribution in [0.4, 0.5) is 10.8 Å². The minimum absolute atomic E-state index is 0.00146. The van der Waals surface area contributed by atoms with Crippen molar-refractivity contribution in [2.24, 2.45) is 0 Å². The van der Waals surface area contributed by atoms with E-state index in [0.29, 0.717) is 5.75 Å². The smallest absolute Gasteiger partial charge is 0.234 e. The number of nitrogens with one attached hydrogen (secondary N) is 1. The molecule has 0 saturated carbocycles. The molecular formula is C21H21N3OS2. The van der Waals surface area contributed by atoms with Crippen LogP contribution in [0.25, 0.3) is 11.3 Å². The van der Waals surface area contributed by atoms with Crippen molar-refractivity contribution in [2.75, 3.05) is 29.1 Å². The second-order valence-electron chi connectivity index (χ2n) is 6.44. The first-order chi connectivity index (χ1) is 13.3. The van der Waals surface area contributed by atoms with Gasteiger partial charge < -0.3 is 10.2 Å². The van der Waals surface area contributed by atoms with Crippen LogP contribution in [0.2, 0.25) is 0 Å². The molecular weight excluding hydrogens is 374 g/mol. The van der Waals surface area contributed by atoms with E-state index >= 15 is 0 Å². The highest BCUT2D eigenvalue weighted by molar-refractivity contribution is 8.00. The number of thioether (sulfide) groups is 1. The van der Waals surface area contributed by atoms with E-state index in [4.69, 9.17) is 4.98 Å². The van der Waals surface area contributed by atoms with E-state index in [1.165, 1.54) is 24.6 Å². The van der Waals surface area contributed by atoms with Gasteiger partial charge in [0, 0.05) is 34.6 Å². The summed E-state index contributed by atoms with van der Waals surface area (Å²) in [6.07, 6.45) is 2.51. The second-order valence-corrected chi connectivity index (χ2v) is 8.32. The van der Waals surface area contributed by atoms with E-state index in [-0.39, 0.29) is 5.91 Å². The van der Waals surface area contributed by atoms with Crippen LogP contribution in [0.1, 0.15) is 12.8 Å². The summed E-state index contributed by atoms with van der Waals surface area (Å²) in [6, 6.07) is 17.9. The summed E-state index contributed by atoms with van der Waals surface area (Å²) >= 11 is 3.24. The Morgan fingerprint density at radius 3 is 2.56 bits per heavy atom. The number of benzene rings is 2. The lowest BCUT2D eigenvalue weighted by Crippen LogP contribution is -2.17. The summed E-state index contributed by atoms with van der Waals surface area (Å²) in [6.45, 7) is 2.22. The van der Waals surface area contributed by atoms with Crippen molar-refractivity contribution in [3.8, 4) is 11.3 Å². The van der Waals surface area contributed by atoms with Crippen LogP contribution in [-0.2, 0) is 4.79 Å². The lowest BCUT2D eigenvalue weighted by Gasteiger charge is -2.12. The summed E-state index contributed by atoms with van der Waals surface area (Å²) in [4.78, 5) is 20.4. The number of thiazole rings is 1. The molecule has 0 bridgehead atoms. The molecule has 138 valence electrons. The summed E-state index contributed by atoms with van der Waals surface area (Å²) in [5.41, 5.74) is 2.89. The number of anilines is 2. The van der Waals surface area contributed by atoms with Gasteiger partial charge in [-0.1, -0.05) is 30.3 Å². The molecule has 1 fully saturated rings. The number of hydrogen-bond donors (Lipinski definition) is 1. The highest BCUT2D eigenvalue weighted by Gasteiger charge is 2.16. The fraction of sp³-hybridized carbons (Fsp3) is 0.238. The zero-order valence-corrected chi connectivity index (χ0v) is 16.6. The number of hydrogen-bond acceptors (Lipinski definition) is 5. The van der Waals surface area contributed by atoms with E-state index in [9.17, 15) is 4.79 Å². The van der Waals surface area contributed by atoms with Gasteiger partial charge in [-0.25, -0.2) is 4.98 Å². The van der Waals surface area contributed by atoms with Crippen molar-refractivity contribution in [1.29, 1.82) is 0 Å². The number of carbonyl (C=O) groups excluding carboxylic acids is 1. The Kier molecular flexibility index (Phi) is 5.75. The van der Waals surface area contributed by atoms with Crippen molar-refractivity contribution in [3.63, 3.8) is 0 Å². The summed E-state index contributed by atoms with van der Waals surface area (Å²) in [5, 5.41) is 6.17. The molecule has 6 heteroatoms. The van der Waals surface area contributed by atoms with Crippen molar-refractivity contribution in [3.05, 3.63) is 60.0 Å². The molecule has 1 aromatic heterocycles. The van der Waals surface area contributed by atoms with Crippen molar-refractivity contribution < 1.29 is 4.79 Å². The van der Waals surface area contributed by atoms with Crippen molar-refractivity contribution >= 4 is 39.8 Å². The molecule has 0 unspecified atom stereocenters. The van der Waals surface area contributed by atoms with E-state index in [2.05, 4.69) is 15.6 Å². The maximum absolute atomic E-state index is 12.1. The monoisotopic (exact) mass is 395 g/mol. The lowest BCUT2D eigenvalue weighted by atomic mass is 10.1. The SMILES string of the molecule is O=C(CSc1ccccc1)Nc1ccc(-c2csc(N3CCCC3)n2)cc1. The van der Waals surface area contributed by atoms with E-state index in [1.807, 2.05) is 54.6 Å². The van der Waals surface area contributed by atoms with Gasteiger partial charge in [-0.2, -0.15) is 0 Å². The van der Waals surface area contributed by atoms with Gasteiger partial charge in [-0.15, -0.1) is 23.1 Å². The van der Waals surface area contributed by atoms with Crippen LogP contribution in [-0.4, -0.2) is 29.7 Å². The van der Waals surface area contributed by atoms with Crippen LogP contribution >= 0.6 is 23.1 Å². The number of carbonyl (C=O) groups is 1. The quantitative estimate of drug-likeness (QED) is 0.587. The Balaban J connectivity index is 1.34. The van der Waals surface area contributed by atoms with Gasteiger partial charge in [-0.3, -0.25) is 4.79 Å². The zero-order valence-electron chi connectivity index (χ0n) is 14.9. The average Bonchev–Trinajstić information content (AvgIpc) is 3.39. The summed E-state index contributed by atoms with van der Waals surface area (Å²) < 4.78 is 0. The first-order valence-corrected chi connectivity index (χ1v) is 10.9. The Morgan fingerprint density at radius 1 is 1.07 bits per heavy atom. The largest absolute Gasteiger partial charge is 0.348 e. The topological polar surface area (TPSA) is 45.2 Å². The maximum Gasteiger partial charge on any atom is 0.234 e. The van der Waals surface area contributed by atoms with Crippen LogP contribution in [0.3, 0.4) is 0 Å². The van der Waals surface area contributed by atoms with Crippen LogP contribution < -0.4 is 10.2 Å². The highest BCUT2D eigenvalue weighted by Crippen LogP contribution is 2.30. The number of nitrogens with zero attached hydrogens (tertiary/aromatic N) is 2. The Bertz CT molecular complexity index is 887. The third-order valence-electron chi connectivity index (χ3n) is 4.45. The first-order valence-electron chi connectivity index (χ1n) is 9.06. The van der Waals surface area contributed by atoms with Gasteiger partial charge >= 0.3 is 0 Å². The molecule has 4 nitrogen and oxygen atoms in total. The molecule has 2 heterocycles. The molecule has 1 aliphatic rings. The molecule has 3 aromatic rings. The second kappa shape index (κ2) is 8.59. The normalized spacial score (nSPS) is 13.7. The summed E-state index contributed by atoms with van der Waals surface area (Å²) in [7, 11) is 0. The molecule has 0 atom stereocenters. The molecule has 1 amide bonds. The molecule has 2 aromatic carbocycles. The minimum Gasteiger partial charge on any atom is -0.348 e. The number of aromatic nitrogens is 1. The predicted octanol–water partition coefficient (Wildman–Crippen LogP) is 5.14. The molecule has 27 heavy (non-hydrogen) atoms. The number of rotatable bonds is 6. The van der Waals surface area contributed by atoms with Gasteiger partial charge in [0.15, 0.2) is 5.13 Å². The molecule has 4 rings (SSSR count). The Labute approximate surface area is 167 Å². The molecule has 1 saturated heterocycles. The molecule has 1 N–H and O–H groups in total. The Hall–Kier alpha value is -2.31. The van der Waals surface area contributed by atoms with E-state index < -0.39 is 0 Å². The van der Waals surface area contributed by atoms with Crippen molar-refractivity contribution in [1.82, 2.24) is 4.98 Å². The van der Waals surface area contributed by atoms with Crippen LogP contribution in [0.15, 0.2) is 64.9 Å². The fourth-order valence-electron chi connectivity index (χ4n) is 3.04. The highest BCUT2D eigenvalue weighted by atomic mass is 32.2. The van der Waals surface area contributed by atoms with Gasteiger partial charge in [0.2, 0.25) is 5.91 Å². The van der Waals surface area contributed by atoms with Crippen LogP contribution in [0.5, 0.6) is 0 Å². The van der Waals surface area contributed by atoms with Gasteiger partial charge in [0.25, 0.3) is 0 Å². The van der Waals surface area contributed by atoms with E-state index in [0.717, 1.165) is 40.1 Å². The molecule has 0 radical (unpaired) electrons. The first kappa shape index (κ1) is 18.1. The fourth-order valence-corrected chi connectivity index (χ4v) is 4.65. The predicted molar refractivity (Wildman–Crippen MR) is 115 cm³/mol. The average molecular weight is 396 g/mol. The van der Waals surface area contributed by atoms with Crippen molar-refractivity contribution in [2.45, 2.75) is 17.7 Å². The third kappa shape index (κ3) is 4.70. The summed E-state index contributed by atoms with van der Waals surface area (Å²) in [5.74, 6) is 0.401. The standard InChI is InChI=1S/C21H21N3OS2/c25-20(15-26-18-6-2-1-3-7-18)22-17-10-8-16(9-11-17)19-14-27-21(23-19)24-12-4-5-13-24/h1-3,6-11,14H,4-5,12-13,15H2,(H,22,25). The van der Waals surface area contributed by atoms with Gasteiger partial charge in [0.05, 0.1) is 11.4 Å². The van der Waals surface area contributed by atoms with Crippen LogP contribution in [0, 0.1) is 0 Å². The van der Waals surface area contributed by atoms with Gasteiger partial charge in [-0.05, 0) is 37.1 Å². The maximum atomic E-state index is 12.1. The number of amides is 1. The van der Waals surface area contributed by atoms with Gasteiger partial charge in [0.1, 0.15) is 0 Å². The Morgan fingerprint density at radius 2 is 1.81 bits per heavy atom. The molecule has 1 aliphatic heterocycles.